The lowest BCUT2D eigenvalue weighted by Gasteiger charge is -2.27. The second kappa shape index (κ2) is 3.55. The summed E-state index contributed by atoms with van der Waals surface area (Å²) in [5.41, 5.74) is 2.95. The van der Waals surface area contributed by atoms with Crippen molar-refractivity contribution in [2.75, 3.05) is 0 Å². The van der Waals surface area contributed by atoms with Crippen LogP contribution in [0.2, 0.25) is 0 Å². The number of hydrogen-bond acceptors (Lipinski definition) is 2. The van der Waals surface area contributed by atoms with Crippen LogP contribution in [0, 0.1) is 0 Å². The number of Topliss-reactive ketones (excluding diaryl/α,β-unsaturated/α-hetero) is 1. The summed E-state index contributed by atoms with van der Waals surface area (Å²) >= 11 is 0. The van der Waals surface area contributed by atoms with E-state index in [-0.39, 0.29) is 5.78 Å². The zero-order chi connectivity index (χ0) is 13.0. The molecule has 0 saturated carbocycles. The minimum atomic E-state index is -0.736. The van der Waals surface area contributed by atoms with Gasteiger partial charge in [-0.3, -0.25) is 4.79 Å². The molecule has 94 valence electrons. The number of fused-ring (bicyclic) bond motifs is 3. The third-order valence-electron chi connectivity index (χ3n) is 4.66. The summed E-state index contributed by atoms with van der Waals surface area (Å²) < 4.78 is 0. The highest BCUT2D eigenvalue weighted by molar-refractivity contribution is 6.09. The van der Waals surface area contributed by atoms with E-state index in [2.05, 4.69) is 6.07 Å². The third kappa shape index (κ3) is 1.17. The van der Waals surface area contributed by atoms with Crippen LogP contribution < -0.4 is 0 Å². The molecule has 0 fully saturated rings. The maximum absolute atomic E-state index is 12.8. The van der Waals surface area contributed by atoms with Crippen molar-refractivity contribution in [3.63, 3.8) is 0 Å². The molecule has 0 radical (unpaired) electrons. The van der Waals surface area contributed by atoms with Gasteiger partial charge in [0.15, 0.2) is 5.78 Å². The first-order valence-corrected chi connectivity index (χ1v) is 6.65. The van der Waals surface area contributed by atoms with Crippen LogP contribution in [0.4, 0.5) is 0 Å². The van der Waals surface area contributed by atoms with Crippen LogP contribution in [-0.2, 0) is 11.8 Å². The van der Waals surface area contributed by atoms with Crippen molar-refractivity contribution < 1.29 is 9.90 Å². The molecule has 0 aromatic heterocycles. The van der Waals surface area contributed by atoms with Gasteiger partial charge in [0.2, 0.25) is 0 Å². The molecule has 2 aliphatic rings. The summed E-state index contributed by atoms with van der Waals surface area (Å²) in [5, 5.41) is 10.7. The lowest BCUT2D eigenvalue weighted by molar-refractivity contribution is 0.0639. The van der Waals surface area contributed by atoms with Crippen molar-refractivity contribution in [2.24, 2.45) is 0 Å². The molecule has 4 rings (SSSR count). The van der Waals surface area contributed by atoms with E-state index in [9.17, 15) is 9.90 Å². The van der Waals surface area contributed by atoms with Crippen LogP contribution >= 0.6 is 0 Å². The number of aliphatic hydroxyl groups is 1. The molecule has 1 spiro atoms. The number of rotatable bonds is 0. The number of aliphatic hydroxyl groups excluding tert-OH is 1. The molecule has 2 aromatic carbocycles. The van der Waals surface area contributed by atoms with Crippen LogP contribution in [0.1, 0.15) is 39.6 Å². The van der Waals surface area contributed by atoms with E-state index in [1.54, 1.807) is 0 Å². The summed E-state index contributed by atoms with van der Waals surface area (Å²) in [6.45, 7) is 0. The van der Waals surface area contributed by atoms with Crippen LogP contribution in [0.25, 0.3) is 0 Å². The average molecular weight is 250 g/mol. The molecule has 0 heterocycles. The molecule has 2 nitrogen and oxygen atoms in total. The topological polar surface area (TPSA) is 37.3 Å². The first-order chi connectivity index (χ1) is 9.25. The number of aryl methyl sites for hydroxylation is 1. The average Bonchev–Trinajstić information content (AvgIpc) is 2.95. The SMILES string of the molecule is O=C1c2ccccc2[C@@H](O)[C@@]12CCc1ccccc12. The third-order valence-corrected chi connectivity index (χ3v) is 4.66. The van der Waals surface area contributed by atoms with Gasteiger partial charge in [-0.25, -0.2) is 0 Å². The fourth-order valence-electron chi connectivity index (χ4n) is 3.73. The Hall–Kier alpha value is -1.93. The Morgan fingerprint density at radius 1 is 1.05 bits per heavy atom. The van der Waals surface area contributed by atoms with Gasteiger partial charge in [0, 0.05) is 5.56 Å². The fraction of sp³-hybridized carbons (Fsp3) is 0.235. The van der Waals surface area contributed by atoms with Gasteiger partial charge in [0.25, 0.3) is 0 Å². The van der Waals surface area contributed by atoms with E-state index in [0.29, 0.717) is 12.0 Å². The smallest absolute Gasteiger partial charge is 0.176 e. The molecule has 2 aliphatic carbocycles. The van der Waals surface area contributed by atoms with Crippen molar-refractivity contribution in [3.05, 3.63) is 70.8 Å². The standard InChI is InChI=1S/C17H14O2/c18-15-12-6-2-3-7-13(12)16(19)17(15)10-9-11-5-1-4-8-14(11)17/h1-8,15,18H,9-10H2/t15-,17+/m1/s1. The Balaban J connectivity index is 1.98. The highest BCUT2D eigenvalue weighted by Gasteiger charge is 2.56. The molecule has 2 atom stereocenters. The Morgan fingerprint density at radius 3 is 2.63 bits per heavy atom. The van der Waals surface area contributed by atoms with Crippen LogP contribution in [-0.4, -0.2) is 10.9 Å². The number of benzene rings is 2. The first kappa shape index (κ1) is 10.9. The van der Waals surface area contributed by atoms with Gasteiger partial charge < -0.3 is 5.11 Å². The monoisotopic (exact) mass is 250 g/mol. The molecule has 19 heavy (non-hydrogen) atoms. The molecule has 0 bridgehead atoms. The minimum Gasteiger partial charge on any atom is -0.387 e. The van der Waals surface area contributed by atoms with Gasteiger partial charge in [0.05, 0.1) is 11.5 Å². The lowest BCUT2D eigenvalue weighted by Crippen LogP contribution is -2.34. The van der Waals surface area contributed by atoms with Gasteiger partial charge in [-0.2, -0.15) is 0 Å². The molecule has 2 heteroatoms. The van der Waals surface area contributed by atoms with Crippen molar-refractivity contribution in [3.8, 4) is 0 Å². The number of hydrogen-bond donors (Lipinski definition) is 1. The van der Waals surface area contributed by atoms with Crippen molar-refractivity contribution >= 4 is 5.78 Å². The predicted octanol–water partition coefficient (Wildman–Crippen LogP) is 2.80. The zero-order valence-electron chi connectivity index (χ0n) is 10.5. The predicted molar refractivity (Wildman–Crippen MR) is 72.2 cm³/mol. The summed E-state index contributed by atoms with van der Waals surface area (Å²) in [6, 6.07) is 15.5. The van der Waals surface area contributed by atoms with Crippen molar-refractivity contribution in [1.82, 2.24) is 0 Å². The quantitative estimate of drug-likeness (QED) is 0.780. The Labute approximate surface area is 111 Å². The van der Waals surface area contributed by atoms with Gasteiger partial charge in [-0.15, -0.1) is 0 Å². The number of carbonyl (C=O) groups is 1. The van der Waals surface area contributed by atoms with E-state index < -0.39 is 11.5 Å². The van der Waals surface area contributed by atoms with Crippen LogP contribution in [0.15, 0.2) is 48.5 Å². The van der Waals surface area contributed by atoms with Crippen LogP contribution in [0.5, 0.6) is 0 Å². The van der Waals surface area contributed by atoms with E-state index >= 15 is 0 Å². The normalized spacial score (nSPS) is 27.6. The highest BCUT2D eigenvalue weighted by atomic mass is 16.3. The van der Waals surface area contributed by atoms with E-state index in [1.165, 1.54) is 5.56 Å². The Bertz CT molecular complexity index is 689. The van der Waals surface area contributed by atoms with Gasteiger partial charge in [-0.05, 0) is 29.5 Å². The van der Waals surface area contributed by atoms with Gasteiger partial charge >= 0.3 is 0 Å². The highest BCUT2D eigenvalue weighted by Crippen LogP contribution is 2.54. The summed E-state index contributed by atoms with van der Waals surface area (Å²) in [6.07, 6.45) is 0.869. The number of carbonyl (C=O) groups excluding carboxylic acids is 1. The van der Waals surface area contributed by atoms with E-state index in [4.69, 9.17) is 0 Å². The largest absolute Gasteiger partial charge is 0.387 e. The molecule has 1 N–H and O–H groups in total. The lowest BCUT2D eigenvalue weighted by atomic mass is 9.76. The summed E-state index contributed by atoms with van der Waals surface area (Å²) in [5.74, 6) is 0.0838. The van der Waals surface area contributed by atoms with Gasteiger partial charge in [0.1, 0.15) is 0 Å². The van der Waals surface area contributed by atoms with Crippen LogP contribution in [0.3, 0.4) is 0 Å². The minimum absolute atomic E-state index is 0.0838. The zero-order valence-corrected chi connectivity index (χ0v) is 10.5. The summed E-state index contributed by atoms with van der Waals surface area (Å²) in [4.78, 5) is 12.8. The molecular formula is C17H14O2. The summed E-state index contributed by atoms with van der Waals surface area (Å²) in [7, 11) is 0. The maximum atomic E-state index is 12.8. The molecule has 0 aliphatic heterocycles. The fourth-order valence-corrected chi connectivity index (χ4v) is 3.73. The van der Waals surface area contributed by atoms with Gasteiger partial charge in [-0.1, -0.05) is 48.5 Å². The molecule has 2 aromatic rings. The first-order valence-electron chi connectivity index (χ1n) is 6.65. The Morgan fingerprint density at radius 2 is 1.79 bits per heavy atom. The number of ketones is 1. The maximum Gasteiger partial charge on any atom is 0.176 e. The molecule has 0 saturated heterocycles. The van der Waals surface area contributed by atoms with E-state index in [0.717, 1.165) is 17.5 Å². The molecule has 0 amide bonds. The second-order valence-corrected chi connectivity index (χ2v) is 5.45. The van der Waals surface area contributed by atoms with E-state index in [1.807, 2.05) is 42.5 Å². The van der Waals surface area contributed by atoms with Crippen molar-refractivity contribution in [2.45, 2.75) is 24.4 Å². The molecule has 0 unspecified atom stereocenters. The molecular weight excluding hydrogens is 236 g/mol. The second-order valence-electron chi connectivity index (χ2n) is 5.45. The van der Waals surface area contributed by atoms with Crippen molar-refractivity contribution in [1.29, 1.82) is 0 Å². The Kier molecular flexibility index (Phi) is 2.04.